The van der Waals surface area contributed by atoms with Crippen molar-refractivity contribution in [3.8, 4) is 0 Å². The van der Waals surface area contributed by atoms with Crippen LogP contribution in [0, 0.1) is 0 Å². The first-order valence-corrected chi connectivity index (χ1v) is 9.25. The number of benzene rings is 2. The fraction of sp³-hybridized carbons (Fsp3) is 0.100. The molecule has 0 saturated heterocycles. The maximum Gasteiger partial charge on any atom is 0.416 e. The largest absolute Gasteiger partial charge is 0.416 e. The summed E-state index contributed by atoms with van der Waals surface area (Å²) >= 11 is 1.29. The molecule has 0 atom stereocenters. The molecule has 2 heterocycles. The number of anilines is 1. The Kier molecular flexibility index (Phi) is 4.64. The van der Waals surface area contributed by atoms with E-state index in [0.717, 1.165) is 6.07 Å². The van der Waals surface area contributed by atoms with Crippen molar-refractivity contribution in [2.24, 2.45) is 0 Å². The zero-order chi connectivity index (χ0) is 19.7. The molecule has 0 bridgehead atoms. The molecule has 0 aliphatic heterocycles. The number of fused-ring (bicyclic) bond motifs is 1. The van der Waals surface area contributed by atoms with Gasteiger partial charge in [-0.15, -0.1) is 11.3 Å². The number of thiazole rings is 1. The van der Waals surface area contributed by atoms with Crippen LogP contribution < -0.4 is 5.32 Å². The van der Waals surface area contributed by atoms with Crippen molar-refractivity contribution in [2.75, 3.05) is 5.32 Å². The Labute approximate surface area is 162 Å². The van der Waals surface area contributed by atoms with Gasteiger partial charge in [-0.3, -0.25) is 10.1 Å². The summed E-state index contributed by atoms with van der Waals surface area (Å²) in [5.74, 6) is -0.353. The molecule has 4 rings (SSSR count). The van der Waals surface area contributed by atoms with Crippen LogP contribution in [0.2, 0.25) is 0 Å². The van der Waals surface area contributed by atoms with E-state index in [0.29, 0.717) is 21.6 Å². The molecule has 8 heteroatoms. The lowest BCUT2D eigenvalue weighted by Crippen LogP contribution is -2.12. The quantitative estimate of drug-likeness (QED) is 0.497. The normalized spacial score (nSPS) is 11.7. The van der Waals surface area contributed by atoms with Gasteiger partial charge in [0, 0.05) is 35.2 Å². The van der Waals surface area contributed by atoms with E-state index in [4.69, 9.17) is 0 Å². The number of amides is 1. The Morgan fingerprint density at radius 3 is 2.61 bits per heavy atom. The van der Waals surface area contributed by atoms with Gasteiger partial charge >= 0.3 is 6.18 Å². The SMILES string of the molecule is O=C(Nc1nccs1)c1cn(Cc2ccccc2C(F)(F)F)c2ccccc12. The van der Waals surface area contributed by atoms with Crippen LogP contribution in [0.25, 0.3) is 10.9 Å². The van der Waals surface area contributed by atoms with Crippen LogP contribution in [0.15, 0.2) is 66.3 Å². The molecule has 0 spiro atoms. The predicted molar refractivity (Wildman–Crippen MR) is 103 cm³/mol. The van der Waals surface area contributed by atoms with Crippen LogP contribution in [-0.4, -0.2) is 15.5 Å². The summed E-state index contributed by atoms with van der Waals surface area (Å²) in [5, 5.41) is 5.59. The lowest BCUT2D eigenvalue weighted by atomic mass is 10.1. The Hall–Kier alpha value is -3.13. The highest BCUT2D eigenvalue weighted by atomic mass is 32.1. The lowest BCUT2D eigenvalue weighted by Gasteiger charge is -2.13. The molecule has 1 amide bonds. The summed E-state index contributed by atoms with van der Waals surface area (Å²) in [6.45, 7) is 0.000723. The highest BCUT2D eigenvalue weighted by Gasteiger charge is 2.33. The predicted octanol–water partition coefficient (Wildman–Crippen LogP) is 5.42. The average Bonchev–Trinajstić information content (AvgIpc) is 3.30. The summed E-state index contributed by atoms with van der Waals surface area (Å²) in [7, 11) is 0. The van der Waals surface area contributed by atoms with Gasteiger partial charge in [0.15, 0.2) is 5.13 Å². The molecule has 1 N–H and O–H groups in total. The first-order chi connectivity index (χ1) is 13.4. The van der Waals surface area contributed by atoms with Gasteiger partial charge < -0.3 is 4.57 Å². The van der Waals surface area contributed by atoms with Gasteiger partial charge in [-0.2, -0.15) is 13.2 Å². The van der Waals surface area contributed by atoms with E-state index >= 15 is 0 Å². The van der Waals surface area contributed by atoms with Crippen molar-refractivity contribution in [3.05, 3.63) is 83.0 Å². The number of carbonyl (C=O) groups excluding carboxylic acids is 1. The zero-order valence-electron chi connectivity index (χ0n) is 14.4. The Morgan fingerprint density at radius 2 is 1.86 bits per heavy atom. The number of halogens is 3. The molecule has 0 unspecified atom stereocenters. The van der Waals surface area contributed by atoms with Crippen LogP contribution >= 0.6 is 11.3 Å². The number of hydrogen-bond donors (Lipinski definition) is 1. The number of para-hydroxylation sites is 1. The molecule has 0 saturated carbocycles. The van der Waals surface area contributed by atoms with Crippen LogP contribution in [0.1, 0.15) is 21.5 Å². The van der Waals surface area contributed by atoms with E-state index in [2.05, 4.69) is 10.3 Å². The van der Waals surface area contributed by atoms with Crippen LogP contribution in [0.5, 0.6) is 0 Å². The number of aromatic nitrogens is 2. The van der Waals surface area contributed by atoms with E-state index in [9.17, 15) is 18.0 Å². The second kappa shape index (κ2) is 7.12. The number of alkyl halides is 3. The van der Waals surface area contributed by atoms with Gasteiger partial charge in [-0.05, 0) is 17.7 Å². The third-order valence-electron chi connectivity index (χ3n) is 4.35. The summed E-state index contributed by atoms with van der Waals surface area (Å²) in [6, 6.07) is 12.6. The van der Waals surface area contributed by atoms with E-state index in [1.165, 1.54) is 23.5 Å². The van der Waals surface area contributed by atoms with E-state index < -0.39 is 11.7 Å². The second-order valence-corrected chi connectivity index (χ2v) is 7.03. The van der Waals surface area contributed by atoms with Crippen molar-refractivity contribution >= 4 is 33.3 Å². The maximum absolute atomic E-state index is 13.3. The van der Waals surface area contributed by atoms with Gasteiger partial charge in [0.05, 0.1) is 11.1 Å². The fourth-order valence-corrected chi connectivity index (χ4v) is 3.65. The van der Waals surface area contributed by atoms with E-state index in [-0.39, 0.29) is 18.0 Å². The van der Waals surface area contributed by atoms with Gasteiger partial charge in [0.2, 0.25) is 0 Å². The smallest absolute Gasteiger partial charge is 0.342 e. The molecule has 0 aliphatic rings. The Bertz CT molecular complexity index is 1130. The van der Waals surface area contributed by atoms with Crippen molar-refractivity contribution in [2.45, 2.75) is 12.7 Å². The molecular formula is C20H14F3N3OS. The van der Waals surface area contributed by atoms with Crippen LogP contribution in [0.4, 0.5) is 18.3 Å². The maximum atomic E-state index is 13.3. The first-order valence-electron chi connectivity index (χ1n) is 8.37. The monoisotopic (exact) mass is 401 g/mol. The fourth-order valence-electron chi connectivity index (χ4n) is 3.13. The molecule has 4 nitrogen and oxygen atoms in total. The Balaban J connectivity index is 1.74. The topological polar surface area (TPSA) is 46.9 Å². The molecular weight excluding hydrogens is 387 g/mol. The van der Waals surface area contributed by atoms with E-state index in [1.54, 1.807) is 52.7 Å². The molecule has 28 heavy (non-hydrogen) atoms. The molecule has 0 radical (unpaired) electrons. The first kappa shape index (κ1) is 18.2. The summed E-state index contributed by atoms with van der Waals surface area (Å²) in [6.07, 6.45) is -1.27. The molecule has 4 aromatic rings. The second-order valence-electron chi connectivity index (χ2n) is 6.13. The summed E-state index contributed by atoms with van der Waals surface area (Å²) < 4.78 is 41.7. The Morgan fingerprint density at radius 1 is 1.11 bits per heavy atom. The van der Waals surface area contributed by atoms with Crippen molar-refractivity contribution in [1.29, 1.82) is 0 Å². The molecule has 142 valence electrons. The van der Waals surface area contributed by atoms with Gasteiger partial charge in [-0.1, -0.05) is 36.4 Å². The minimum atomic E-state index is -4.44. The molecule has 2 aromatic heterocycles. The van der Waals surface area contributed by atoms with Gasteiger partial charge in [-0.25, -0.2) is 4.98 Å². The molecule has 0 aliphatic carbocycles. The van der Waals surface area contributed by atoms with E-state index in [1.807, 2.05) is 0 Å². The van der Waals surface area contributed by atoms with Crippen LogP contribution in [0.3, 0.4) is 0 Å². The third-order valence-corrected chi connectivity index (χ3v) is 5.04. The van der Waals surface area contributed by atoms with Crippen LogP contribution in [-0.2, 0) is 12.7 Å². The number of nitrogens with one attached hydrogen (secondary N) is 1. The summed E-state index contributed by atoms with van der Waals surface area (Å²) in [4.78, 5) is 16.7. The minimum Gasteiger partial charge on any atom is -0.342 e. The zero-order valence-corrected chi connectivity index (χ0v) is 15.2. The number of carbonyl (C=O) groups is 1. The van der Waals surface area contributed by atoms with Crippen molar-refractivity contribution in [3.63, 3.8) is 0 Å². The van der Waals surface area contributed by atoms with Crippen molar-refractivity contribution in [1.82, 2.24) is 9.55 Å². The lowest BCUT2D eigenvalue weighted by molar-refractivity contribution is -0.138. The number of nitrogens with zero attached hydrogens (tertiary/aromatic N) is 2. The minimum absolute atomic E-state index is 0.000723. The van der Waals surface area contributed by atoms with Gasteiger partial charge in [0.1, 0.15) is 0 Å². The summed E-state index contributed by atoms with van der Waals surface area (Å²) in [5.41, 5.74) is 0.531. The third kappa shape index (κ3) is 3.50. The number of rotatable bonds is 4. The molecule has 0 fully saturated rings. The van der Waals surface area contributed by atoms with Gasteiger partial charge in [0.25, 0.3) is 5.91 Å². The van der Waals surface area contributed by atoms with Crippen molar-refractivity contribution < 1.29 is 18.0 Å². The molecule has 2 aromatic carbocycles. The standard InChI is InChI=1S/C20H14F3N3OS/c21-20(22,23)16-7-3-1-5-13(16)11-26-12-15(14-6-2-4-8-17(14)26)18(27)25-19-24-9-10-28-19/h1-10,12H,11H2,(H,24,25,27). The highest BCUT2D eigenvalue weighted by Crippen LogP contribution is 2.33. The number of hydrogen-bond acceptors (Lipinski definition) is 3. The highest BCUT2D eigenvalue weighted by molar-refractivity contribution is 7.13. The average molecular weight is 401 g/mol.